The van der Waals surface area contributed by atoms with E-state index in [0.29, 0.717) is 18.8 Å². The molecule has 1 aromatic heterocycles. The van der Waals surface area contributed by atoms with Crippen molar-refractivity contribution in [1.82, 2.24) is 4.98 Å². The van der Waals surface area contributed by atoms with E-state index in [-0.39, 0.29) is 10.2 Å². The van der Waals surface area contributed by atoms with E-state index in [1.54, 1.807) is 5.38 Å². The molecule has 1 heterocycles. The zero-order valence-corrected chi connectivity index (χ0v) is 14.4. The van der Waals surface area contributed by atoms with E-state index in [0.717, 1.165) is 36.3 Å². The summed E-state index contributed by atoms with van der Waals surface area (Å²) in [5, 5.41) is 4.85. The Morgan fingerprint density at radius 3 is 2.78 bits per heavy atom. The molecule has 0 saturated heterocycles. The molecule has 6 nitrogen and oxygen atoms in total. The maximum atomic E-state index is 14.2. The highest BCUT2D eigenvalue weighted by Crippen LogP contribution is 2.29. The van der Waals surface area contributed by atoms with Crippen molar-refractivity contribution in [2.45, 2.75) is 17.7 Å². The van der Waals surface area contributed by atoms with Gasteiger partial charge in [-0.05, 0) is 31.5 Å². The van der Waals surface area contributed by atoms with Crippen LogP contribution in [0, 0.1) is 5.82 Å². The molecule has 0 spiro atoms. The number of aromatic nitrogens is 1. The molecule has 0 saturated carbocycles. The molecule has 0 amide bonds. The van der Waals surface area contributed by atoms with Gasteiger partial charge in [0.2, 0.25) is 0 Å². The van der Waals surface area contributed by atoms with Crippen LogP contribution in [0.5, 0.6) is 0 Å². The summed E-state index contributed by atoms with van der Waals surface area (Å²) >= 11 is 7.14. The Morgan fingerprint density at radius 2 is 2.13 bits per heavy atom. The van der Waals surface area contributed by atoms with E-state index >= 15 is 0 Å². The Bertz CT molecular complexity index is 754. The molecule has 0 fully saturated rings. The second-order valence-electron chi connectivity index (χ2n) is 4.63. The summed E-state index contributed by atoms with van der Waals surface area (Å²) in [6, 6.07) is 2.15. The monoisotopic (exact) mass is 378 g/mol. The third kappa shape index (κ3) is 4.77. The predicted octanol–water partition coefficient (Wildman–Crippen LogP) is 2.89. The normalized spacial score (nSPS) is 11.4. The van der Waals surface area contributed by atoms with Crippen LogP contribution in [-0.2, 0) is 10.0 Å². The molecule has 4 N–H and O–H groups in total. The minimum absolute atomic E-state index is 0.124. The molecule has 2 rings (SSSR count). The average Bonchev–Trinajstić information content (AvgIpc) is 2.98. The fourth-order valence-electron chi connectivity index (χ4n) is 1.81. The van der Waals surface area contributed by atoms with Gasteiger partial charge >= 0.3 is 0 Å². The van der Waals surface area contributed by atoms with Gasteiger partial charge in [-0.1, -0.05) is 11.6 Å². The number of halogens is 2. The second-order valence-corrected chi connectivity index (χ2v) is 7.58. The summed E-state index contributed by atoms with van der Waals surface area (Å²) in [5.74, 6) is -0.889. The third-order valence-corrected chi connectivity index (χ3v) is 5.40. The number of nitrogens with zero attached hydrogens (tertiary/aromatic N) is 1. The smallest absolute Gasteiger partial charge is 0.266 e. The minimum atomic E-state index is -4.09. The molecular weight excluding hydrogens is 363 g/mol. The lowest BCUT2D eigenvalue weighted by Crippen LogP contribution is -2.15. The molecule has 2 aromatic rings. The Balaban J connectivity index is 2.18. The van der Waals surface area contributed by atoms with Gasteiger partial charge < -0.3 is 11.1 Å². The number of sulfonamides is 1. The number of unbranched alkanes of at least 4 members (excludes halogenated alkanes) is 1. The van der Waals surface area contributed by atoms with Gasteiger partial charge in [0.15, 0.2) is 5.13 Å². The first-order chi connectivity index (χ1) is 10.9. The molecule has 23 heavy (non-hydrogen) atoms. The van der Waals surface area contributed by atoms with Crippen LogP contribution in [-0.4, -0.2) is 26.5 Å². The van der Waals surface area contributed by atoms with Crippen molar-refractivity contribution >= 4 is 43.8 Å². The highest BCUT2D eigenvalue weighted by molar-refractivity contribution is 7.93. The van der Waals surface area contributed by atoms with Gasteiger partial charge in [0.1, 0.15) is 10.7 Å². The lowest BCUT2D eigenvalue weighted by molar-refractivity contribution is 0.570. The Labute approximate surface area is 142 Å². The lowest BCUT2D eigenvalue weighted by atomic mass is 10.2. The topological polar surface area (TPSA) is 97.1 Å². The van der Waals surface area contributed by atoms with E-state index in [1.807, 2.05) is 0 Å². The summed E-state index contributed by atoms with van der Waals surface area (Å²) in [6.45, 7) is 1.14. The fourth-order valence-corrected chi connectivity index (χ4v) is 3.98. The first-order valence-corrected chi connectivity index (χ1v) is 9.53. The molecule has 126 valence electrons. The number of hydrogen-bond donors (Lipinski definition) is 3. The maximum absolute atomic E-state index is 14.2. The molecule has 0 aliphatic heterocycles. The molecule has 1 aromatic carbocycles. The summed E-state index contributed by atoms with van der Waals surface area (Å²) < 4.78 is 40.8. The Hall–Kier alpha value is -1.42. The largest absolute Gasteiger partial charge is 0.384 e. The van der Waals surface area contributed by atoms with Gasteiger partial charge in [-0.3, -0.25) is 4.72 Å². The quantitative estimate of drug-likeness (QED) is 0.613. The Morgan fingerprint density at radius 1 is 1.35 bits per heavy atom. The number of rotatable bonds is 8. The van der Waals surface area contributed by atoms with Crippen molar-refractivity contribution in [2.24, 2.45) is 5.73 Å². The molecule has 10 heteroatoms. The molecule has 0 bridgehead atoms. The van der Waals surface area contributed by atoms with Crippen LogP contribution in [0.4, 0.5) is 15.2 Å². The van der Waals surface area contributed by atoms with Crippen LogP contribution in [0.15, 0.2) is 28.6 Å². The number of thiazole rings is 1. The molecule has 0 aliphatic carbocycles. The molecule has 0 atom stereocenters. The summed E-state index contributed by atoms with van der Waals surface area (Å²) in [7, 11) is -4.09. The van der Waals surface area contributed by atoms with E-state index in [2.05, 4.69) is 15.0 Å². The standard InChI is InChI=1S/C13H16ClFN4O2S2/c14-9-7-12(23(20,21)19-13-18-5-6-22-13)10(15)8-11(9)17-4-2-1-3-16/h5-8,17H,1-4,16H2,(H,18,19). The molecule has 0 aliphatic rings. The van der Waals surface area contributed by atoms with Crippen LogP contribution in [0.2, 0.25) is 5.02 Å². The number of nitrogens with one attached hydrogen (secondary N) is 2. The zero-order chi connectivity index (χ0) is 16.9. The number of nitrogens with two attached hydrogens (primary N) is 1. The van der Waals surface area contributed by atoms with Crippen molar-refractivity contribution in [3.63, 3.8) is 0 Å². The first-order valence-electron chi connectivity index (χ1n) is 6.79. The van der Waals surface area contributed by atoms with E-state index in [1.165, 1.54) is 6.20 Å². The maximum Gasteiger partial charge on any atom is 0.266 e. The van der Waals surface area contributed by atoms with E-state index in [4.69, 9.17) is 17.3 Å². The summed E-state index contributed by atoms with van der Waals surface area (Å²) in [5.41, 5.74) is 5.74. The zero-order valence-electron chi connectivity index (χ0n) is 12.1. The summed E-state index contributed by atoms with van der Waals surface area (Å²) in [6.07, 6.45) is 3.08. The molecule has 0 radical (unpaired) electrons. The van der Waals surface area contributed by atoms with Gasteiger partial charge in [-0.2, -0.15) is 0 Å². The van der Waals surface area contributed by atoms with Crippen LogP contribution in [0.25, 0.3) is 0 Å². The number of hydrogen-bond acceptors (Lipinski definition) is 6. The van der Waals surface area contributed by atoms with Crippen LogP contribution < -0.4 is 15.8 Å². The van der Waals surface area contributed by atoms with Gasteiger partial charge in [0.25, 0.3) is 10.0 Å². The van der Waals surface area contributed by atoms with E-state index < -0.39 is 20.7 Å². The first kappa shape index (κ1) is 17.9. The van der Waals surface area contributed by atoms with Gasteiger partial charge in [0, 0.05) is 18.1 Å². The molecular formula is C13H16ClFN4O2S2. The van der Waals surface area contributed by atoms with Crippen molar-refractivity contribution in [1.29, 1.82) is 0 Å². The van der Waals surface area contributed by atoms with Crippen LogP contribution in [0.1, 0.15) is 12.8 Å². The van der Waals surface area contributed by atoms with Crippen LogP contribution in [0.3, 0.4) is 0 Å². The third-order valence-electron chi connectivity index (χ3n) is 2.91. The highest BCUT2D eigenvalue weighted by atomic mass is 35.5. The second kappa shape index (κ2) is 7.91. The van der Waals surface area contributed by atoms with Crippen molar-refractivity contribution < 1.29 is 12.8 Å². The number of anilines is 2. The lowest BCUT2D eigenvalue weighted by Gasteiger charge is -2.12. The molecule has 0 unspecified atom stereocenters. The van der Waals surface area contributed by atoms with Gasteiger partial charge in [0.05, 0.1) is 10.7 Å². The fraction of sp³-hybridized carbons (Fsp3) is 0.308. The predicted molar refractivity (Wildman–Crippen MR) is 91.1 cm³/mol. The SMILES string of the molecule is NCCCCNc1cc(F)c(S(=O)(=O)Nc2nccs2)cc1Cl. The van der Waals surface area contributed by atoms with Gasteiger partial charge in [-0.25, -0.2) is 17.8 Å². The van der Waals surface area contributed by atoms with Crippen molar-refractivity contribution in [3.8, 4) is 0 Å². The minimum Gasteiger partial charge on any atom is -0.384 e. The number of benzene rings is 1. The van der Waals surface area contributed by atoms with Crippen molar-refractivity contribution in [2.75, 3.05) is 23.1 Å². The van der Waals surface area contributed by atoms with Crippen LogP contribution >= 0.6 is 22.9 Å². The van der Waals surface area contributed by atoms with Crippen molar-refractivity contribution in [3.05, 3.63) is 34.5 Å². The highest BCUT2D eigenvalue weighted by Gasteiger charge is 2.22. The van der Waals surface area contributed by atoms with Gasteiger partial charge in [-0.15, -0.1) is 11.3 Å². The van der Waals surface area contributed by atoms with E-state index in [9.17, 15) is 12.8 Å². The average molecular weight is 379 g/mol. The summed E-state index contributed by atoms with van der Waals surface area (Å²) in [4.78, 5) is 3.28. The Kier molecular flexibility index (Phi) is 6.17.